The van der Waals surface area contributed by atoms with Crippen LogP contribution in [0, 0.1) is 27.7 Å². The minimum absolute atomic E-state index is 0.933. The van der Waals surface area contributed by atoms with Crippen LogP contribution in [0.2, 0.25) is 0 Å². The number of thiophene rings is 1. The predicted octanol–water partition coefficient (Wildman–Crippen LogP) is 4.60. The molecule has 6 heteroatoms. The van der Waals surface area contributed by atoms with E-state index in [4.69, 9.17) is 9.97 Å². The zero-order valence-electron chi connectivity index (χ0n) is 12.8. The van der Waals surface area contributed by atoms with Crippen LogP contribution in [-0.4, -0.2) is 18.7 Å². The van der Waals surface area contributed by atoms with Crippen molar-refractivity contribution in [2.75, 3.05) is 0 Å². The lowest BCUT2D eigenvalue weighted by atomic mass is 10.0. The van der Waals surface area contributed by atoms with E-state index in [9.17, 15) is 0 Å². The molecule has 0 saturated heterocycles. The Balaban J connectivity index is 2.26. The molecule has 0 amide bonds. The Bertz CT molecular complexity index is 1030. The van der Waals surface area contributed by atoms with Crippen molar-refractivity contribution >= 4 is 45.1 Å². The van der Waals surface area contributed by atoms with Gasteiger partial charge in [0.1, 0.15) is 16.6 Å². The first-order chi connectivity index (χ1) is 10.6. The monoisotopic (exact) mass is 326 g/mol. The molecule has 0 spiro atoms. The summed E-state index contributed by atoms with van der Waals surface area (Å²) >= 11 is 3.01. The highest BCUT2D eigenvalue weighted by molar-refractivity contribution is 7.15. The molecular formula is C16H14N4S2. The molecule has 0 aliphatic heterocycles. The van der Waals surface area contributed by atoms with Crippen LogP contribution < -0.4 is 0 Å². The standard InChI is InChI=1S/C16H14N4S2/c1-7-5-6-11(21-7)12-15-13(17-9(3)10(4)18-15)8(2)14-16(12)20-22-19-14/h5-6H,1-4H3. The lowest BCUT2D eigenvalue weighted by Crippen LogP contribution is -1.98. The van der Waals surface area contributed by atoms with Crippen LogP contribution in [0.25, 0.3) is 32.5 Å². The number of hydrogen-bond acceptors (Lipinski definition) is 6. The van der Waals surface area contributed by atoms with Crippen LogP contribution in [-0.2, 0) is 0 Å². The van der Waals surface area contributed by atoms with Gasteiger partial charge < -0.3 is 0 Å². The maximum Gasteiger partial charge on any atom is 0.116 e. The third-order valence-electron chi connectivity index (χ3n) is 3.97. The van der Waals surface area contributed by atoms with Gasteiger partial charge in [0, 0.05) is 20.9 Å². The molecule has 4 nitrogen and oxygen atoms in total. The van der Waals surface area contributed by atoms with Crippen molar-refractivity contribution in [2.45, 2.75) is 27.7 Å². The highest BCUT2D eigenvalue weighted by atomic mass is 32.1. The number of nitrogens with zero attached hydrogens (tertiary/aromatic N) is 4. The van der Waals surface area contributed by atoms with Crippen molar-refractivity contribution < 1.29 is 0 Å². The fraction of sp³-hybridized carbons (Fsp3) is 0.250. The summed E-state index contributed by atoms with van der Waals surface area (Å²) in [5.41, 5.74) is 7.80. The normalized spacial score (nSPS) is 11.6. The highest BCUT2D eigenvalue weighted by Crippen LogP contribution is 2.39. The smallest absolute Gasteiger partial charge is 0.116 e. The molecule has 0 unspecified atom stereocenters. The predicted molar refractivity (Wildman–Crippen MR) is 92.8 cm³/mol. The van der Waals surface area contributed by atoms with Gasteiger partial charge >= 0.3 is 0 Å². The van der Waals surface area contributed by atoms with Crippen LogP contribution in [0.1, 0.15) is 21.8 Å². The van der Waals surface area contributed by atoms with Crippen molar-refractivity contribution in [1.82, 2.24) is 18.7 Å². The van der Waals surface area contributed by atoms with E-state index in [1.54, 1.807) is 11.3 Å². The molecule has 1 aromatic carbocycles. The molecule has 0 radical (unpaired) electrons. The first-order valence-corrected chi connectivity index (χ1v) is 8.57. The Hall–Kier alpha value is -1.92. The zero-order chi connectivity index (χ0) is 15.4. The van der Waals surface area contributed by atoms with Gasteiger partial charge in [-0.3, -0.25) is 0 Å². The maximum absolute atomic E-state index is 4.83. The van der Waals surface area contributed by atoms with E-state index < -0.39 is 0 Å². The lowest BCUT2D eigenvalue weighted by molar-refractivity contribution is 1.10. The average Bonchev–Trinajstić information content (AvgIpc) is 3.11. The molecule has 0 saturated carbocycles. The molecular weight excluding hydrogens is 312 g/mol. The van der Waals surface area contributed by atoms with E-state index in [0.29, 0.717) is 0 Å². The minimum atomic E-state index is 0.933. The number of rotatable bonds is 1. The quantitative estimate of drug-likeness (QED) is 0.513. The lowest BCUT2D eigenvalue weighted by Gasteiger charge is -2.10. The average molecular weight is 326 g/mol. The molecule has 0 aliphatic rings. The number of aryl methyl sites for hydroxylation is 4. The van der Waals surface area contributed by atoms with Gasteiger partial charge in [-0.2, -0.15) is 8.75 Å². The third kappa shape index (κ3) is 1.87. The van der Waals surface area contributed by atoms with Crippen molar-refractivity contribution in [3.8, 4) is 10.4 Å². The fourth-order valence-electron chi connectivity index (χ4n) is 2.66. The first-order valence-electron chi connectivity index (χ1n) is 7.03. The van der Waals surface area contributed by atoms with Crippen molar-refractivity contribution in [3.63, 3.8) is 0 Å². The van der Waals surface area contributed by atoms with E-state index in [0.717, 1.165) is 44.6 Å². The Labute approximate surface area is 136 Å². The van der Waals surface area contributed by atoms with Crippen molar-refractivity contribution in [2.24, 2.45) is 0 Å². The van der Waals surface area contributed by atoms with E-state index in [1.165, 1.54) is 21.5 Å². The van der Waals surface area contributed by atoms with E-state index in [2.05, 4.69) is 34.7 Å². The van der Waals surface area contributed by atoms with Crippen molar-refractivity contribution in [3.05, 3.63) is 34.0 Å². The molecule has 0 fully saturated rings. The van der Waals surface area contributed by atoms with Crippen LogP contribution in [0.4, 0.5) is 0 Å². The van der Waals surface area contributed by atoms with Gasteiger partial charge in [0.25, 0.3) is 0 Å². The molecule has 3 heterocycles. The molecule has 0 atom stereocenters. The number of fused-ring (bicyclic) bond motifs is 2. The molecule has 4 rings (SSSR count). The van der Waals surface area contributed by atoms with Crippen molar-refractivity contribution in [1.29, 1.82) is 0 Å². The summed E-state index contributed by atoms with van der Waals surface area (Å²) in [6.45, 7) is 8.17. The minimum Gasteiger partial charge on any atom is -0.249 e. The molecule has 22 heavy (non-hydrogen) atoms. The largest absolute Gasteiger partial charge is 0.249 e. The van der Waals surface area contributed by atoms with Gasteiger partial charge in [0.15, 0.2) is 0 Å². The van der Waals surface area contributed by atoms with Gasteiger partial charge in [-0.1, -0.05) is 0 Å². The Morgan fingerprint density at radius 3 is 2.14 bits per heavy atom. The van der Waals surface area contributed by atoms with Crippen LogP contribution >= 0.6 is 23.1 Å². The second-order valence-electron chi connectivity index (χ2n) is 5.46. The Morgan fingerprint density at radius 2 is 1.45 bits per heavy atom. The van der Waals surface area contributed by atoms with E-state index >= 15 is 0 Å². The Kier molecular flexibility index (Phi) is 2.99. The SMILES string of the molecule is Cc1ccc(-c2c3nsnc3c(C)c3nc(C)c(C)nc23)s1. The second kappa shape index (κ2) is 4.79. The summed E-state index contributed by atoms with van der Waals surface area (Å²) in [4.78, 5) is 12.1. The second-order valence-corrected chi connectivity index (χ2v) is 7.28. The molecule has 3 aromatic heterocycles. The van der Waals surface area contributed by atoms with Gasteiger partial charge in [-0.15, -0.1) is 11.3 Å². The zero-order valence-corrected chi connectivity index (χ0v) is 14.4. The van der Waals surface area contributed by atoms with Gasteiger partial charge in [-0.25, -0.2) is 9.97 Å². The van der Waals surface area contributed by atoms with Gasteiger partial charge in [-0.05, 0) is 39.8 Å². The highest BCUT2D eigenvalue weighted by Gasteiger charge is 2.20. The molecule has 0 bridgehead atoms. The number of aromatic nitrogens is 4. The fourth-order valence-corrected chi connectivity index (χ4v) is 4.18. The van der Waals surface area contributed by atoms with Crippen LogP contribution in [0.3, 0.4) is 0 Å². The summed E-state index contributed by atoms with van der Waals surface area (Å²) in [5, 5.41) is 0. The first kappa shape index (κ1) is 13.7. The summed E-state index contributed by atoms with van der Waals surface area (Å²) in [6, 6.07) is 4.27. The topological polar surface area (TPSA) is 51.6 Å². The molecule has 110 valence electrons. The summed E-state index contributed by atoms with van der Waals surface area (Å²) in [6.07, 6.45) is 0. The summed E-state index contributed by atoms with van der Waals surface area (Å²) in [5.74, 6) is 0. The molecule has 0 N–H and O–H groups in total. The summed E-state index contributed by atoms with van der Waals surface area (Å²) < 4.78 is 9.02. The van der Waals surface area contributed by atoms with Crippen LogP contribution in [0.5, 0.6) is 0 Å². The Morgan fingerprint density at radius 1 is 0.773 bits per heavy atom. The number of benzene rings is 1. The maximum atomic E-state index is 4.83. The molecule has 4 aromatic rings. The van der Waals surface area contributed by atoms with Crippen LogP contribution in [0.15, 0.2) is 12.1 Å². The van der Waals surface area contributed by atoms with Gasteiger partial charge in [0.05, 0.1) is 28.6 Å². The third-order valence-corrected chi connectivity index (χ3v) is 5.51. The van der Waals surface area contributed by atoms with Gasteiger partial charge in [0.2, 0.25) is 0 Å². The number of hydrogen-bond donors (Lipinski definition) is 0. The summed E-state index contributed by atoms with van der Waals surface area (Å²) in [7, 11) is 0. The molecule has 0 aliphatic carbocycles. The van der Waals surface area contributed by atoms with E-state index in [-0.39, 0.29) is 0 Å². The van der Waals surface area contributed by atoms with E-state index in [1.807, 2.05) is 13.8 Å².